The summed E-state index contributed by atoms with van der Waals surface area (Å²) in [6, 6.07) is 0. The molecule has 0 saturated heterocycles. The Labute approximate surface area is 88.3 Å². The number of fused-ring (bicyclic) bond motifs is 7. The Hall–Kier alpha value is 0.320. The zero-order valence-corrected chi connectivity index (χ0v) is 8.80. The van der Waals surface area contributed by atoms with E-state index >= 15 is 0 Å². The fourth-order valence-electron chi connectivity index (χ4n) is 4.37. The van der Waals surface area contributed by atoms with E-state index in [1.54, 1.807) is 0 Å². The first-order chi connectivity index (χ1) is 6.19. The van der Waals surface area contributed by atoms with E-state index in [1.165, 1.54) is 12.8 Å². The van der Waals surface area contributed by atoms with Crippen molar-refractivity contribution in [3.63, 3.8) is 0 Å². The van der Waals surface area contributed by atoms with Gasteiger partial charge in [0.1, 0.15) is 4.33 Å². The summed E-state index contributed by atoms with van der Waals surface area (Å²) in [5.74, 6) is 4.76. The van der Waals surface area contributed by atoms with Crippen LogP contribution in [0.5, 0.6) is 0 Å². The molecule has 0 amide bonds. The molecule has 0 heterocycles. The van der Waals surface area contributed by atoms with Gasteiger partial charge in [0.2, 0.25) is 0 Å². The first-order valence-electron chi connectivity index (χ1n) is 5.25. The van der Waals surface area contributed by atoms with Crippen LogP contribution in [0.1, 0.15) is 12.8 Å². The molecule has 0 aromatic rings. The quantitative estimate of drug-likeness (QED) is 0.429. The van der Waals surface area contributed by atoms with Crippen LogP contribution in [0, 0.1) is 35.5 Å². The van der Waals surface area contributed by atoms with Gasteiger partial charge in [-0.25, -0.2) is 0 Å². The lowest BCUT2D eigenvalue weighted by Gasteiger charge is -2.25. The molecule has 6 atom stereocenters. The van der Waals surface area contributed by atoms with Gasteiger partial charge >= 0.3 is 0 Å². The molecule has 0 aromatic heterocycles. The van der Waals surface area contributed by atoms with E-state index in [4.69, 9.17) is 23.2 Å². The largest absolute Gasteiger partial charge is 0.125 e. The Morgan fingerprint density at radius 2 is 1.85 bits per heavy atom. The molecule has 0 unspecified atom stereocenters. The Morgan fingerprint density at radius 3 is 2.69 bits per heavy atom. The van der Waals surface area contributed by atoms with Crippen LogP contribution in [-0.2, 0) is 0 Å². The van der Waals surface area contributed by atoms with E-state index in [0.29, 0.717) is 11.8 Å². The normalized spacial score (nSPS) is 63.8. The Morgan fingerprint density at radius 1 is 1.08 bits per heavy atom. The van der Waals surface area contributed by atoms with Gasteiger partial charge in [-0.15, -0.1) is 23.2 Å². The lowest BCUT2D eigenvalue weighted by atomic mass is 9.82. The van der Waals surface area contributed by atoms with Crippen molar-refractivity contribution in [3.8, 4) is 0 Å². The third-order valence-electron chi connectivity index (χ3n) is 4.89. The monoisotopic (exact) mass is 214 g/mol. The van der Waals surface area contributed by atoms with Gasteiger partial charge in [-0.3, -0.25) is 0 Å². The average Bonchev–Trinajstić information content (AvgIpc) is 2.58. The number of rotatable bonds is 0. The molecule has 4 aliphatic carbocycles. The third kappa shape index (κ3) is 0.699. The number of hydrogen-bond donors (Lipinski definition) is 0. The Balaban J connectivity index is 1.74. The van der Waals surface area contributed by atoms with Crippen molar-refractivity contribution < 1.29 is 0 Å². The summed E-state index contributed by atoms with van der Waals surface area (Å²) < 4.78 is -0.334. The Bertz CT molecular complexity index is 307. The second-order valence-corrected chi connectivity index (χ2v) is 6.68. The molecule has 0 aliphatic heterocycles. The van der Waals surface area contributed by atoms with E-state index in [1.807, 2.05) is 0 Å². The van der Waals surface area contributed by atoms with Crippen LogP contribution in [0.2, 0.25) is 0 Å². The number of alkyl halides is 2. The maximum absolute atomic E-state index is 6.25. The van der Waals surface area contributed by atoms with Gasteiger partial charge in [0.05, 0.1) is 0 Å². The summed E-state index contributed by atoms with van der Waals surface area (Å²) in [7, 11) is 0. The van der Waals surface area contributed by atoms with Gasteiger partial charge < -0.3 is 0 Å². The van der Waals surface area contributed by atoms with Crippen molar-refractivity contribution in [2.45, 2.75) is 17.2 Å². The summed E-state index contributed by atoms with van der Waals surface area (Å²) >= 11 is 12.5. The molecule has 13 heavy (non-hydrogen) atoms. The van der Waals surface area contributed by atoms with Gasteiger partial charge in [-0.05, 0) is 42.4 Å². The lowest BCUT2D eigenvalue weighted by Crippen LogP contribution is -2.21. The minimum atomic E-state index is -0.334. The molecule has 3 saturated carbocycles. The molecule has 4 rings (SSSR count). The third-order valence-corrected chi connectivity index (χ3v) is 5.96. The van der Waals surface area contributed by atoms with E-state index < -0.39 is 0 Å². The summed E-state index contributed by atoms with van der Waals surface area (Å²) in [5, 5.41) is 0. The van der Waals surface area contributed by atoms with Crippen LogP contribution in [0.15, 0.2) is 12.2 Å². The maximum Gasteiger partial charge on any atom is 0.125 e. The van der Waals surface area contributed by atoms with E-state index in [2.05, 4.69) is 12.2 Å². The second kappa shape index (κ2) is 1.97. The van der Waals surface area contributed by atoms with Gasteiger partial charge in [-0.1, -0.05) is 12.2 Å². The standard InChI is InChI=1S/C11H12Cl2/c12-11(13)8-4-7-5-1-2-6(3-5)9(7)10(8)11/h1-2,5-10H,3-4H2/t5-,6-,7+,8+,9-,10-/m0/s1. The fourth-order valence-corrected chi connectivity index (χ4v) is 5.28. The number of hydrogen-bond acceptors (Lipinski definition) is 0. The number of allylic oxidation sites excluding steroid dienone is 2. The molecule has 70 valence electrons. The molecule has 2 heteroatoms. The van der Waals surface area contributed by atoms with E-state index in [-0.39, 0.29) is 4.33 Å². The zero-order chi connectivity index (χ0) is 8.79. The molecule has 0 radical (unpaired) electrons. The molecule has 0 spiro atoms. The van der Waals surface area contributed by atoms with Gasteiger partial charge in [0.15, 0.2) is 0 Å². The molecule has 0 aromatic carbocycles. The van der Waals surface area contributed by atoms with Crippen molar-refractivity contribution in [2.24, 2.45) is 35.5 Å². The molecular weight excluding hydrogens is 203 g/mol. The molecule has 0 N–H and O–H groups in total. The minimum Gasteiger partial charge on any atom is -0.101 e. The highest BCUT2D eigenvalue weighted by atomic mass is 35.5. The van der Waals surface area contributed by atoms with Crippen LogP contribution in [0.25, 0.3) is 0 Å². The zero-order valence-electron chi connectivity index (χ0n) is 7.29. The maximum atomic E-state index is 6.25. The molecule has 3 fully saturated rings. The van der Waals surface area contributed by atoms with Crippen molar-refractivity contribution in [1.29, 1.82) is 0 Å². The average molecular weight is 215 g/mol. The predicted octanol–water partition coefficient (Wildman–Crippen LogP) is 3.25. The topological polar surface area (TPSA) is 0 Å². The van der Waals surface area contributed by atoms with E-state index in [9.17, 15) is 0 Å². The van der Waals surface area contributed by atoms with Crippen LogP contribution in [-0.4, -0.2) is 4.33 Å². The fraction of sp³-hybridized carbons (Fsp3) is 0.818. The SMILES string of the molecule is ClC1(Cl)[C@@H]2[C@@H]3[C@H](C[C@H]21)[C@H]1C=C[C@H]3C1. The number of halogens is 2. The summed E-state index contributed by atoms with van der Waals surface area (Å²) in [4.78, 5) is 0. The summed E-state index contributed by atoms with van der Waals surface area (Å²) in [6.45, 7) is 0. The van der Waals surface area contributed by atoms with Crippen molar-refractivity contribution in [3.05, 3.63) is 12.2 Å². The highest BCUT2D eigenvalue weighted by Gasteiger charge is 2.74. The van der Waals surface area contributed by atoms with Gasteiger partial charge in [0.25, 0.3) is 0 Å². The van der Waals surface area contributed by atoms with Crippen LogP contribution in [0.3, 0.4) is 0 Å². The molecule has 4 aliphatic rings. The Kier molecular flexibility index (Phi) is 1.15. The van der Waals surface area contributed by atoms with Crippen molar-refractivity contribution in [1.82, 2.24) is 0 Å². The highest BCUT2D eigenvalue weighted by Crippen LogP contribution is 2.76. The van der Waals surface area contributed by atoms with Gasteiger partial charge in [0, 0.05) is 5.92 Å². The highest BCUT2D eigenvalue weighted by molar-refractivity contribution is 6.51. The summed E-state index contributed by atoms with van der Waals surface area (Å²) in [6.07, 6.45) is 7.54. The first kappa shape index (κ1) is 7.59. The second-order valence-electron chi connectivity index (χ2n) is 5.23. The first-order valence-corrected chi connectivity index (χ1v) is 6.01. The minimum absolute atomic E-state index is 0.334. The van der Waals surface area contributed by atoms with Crippen LogP contribution >= 0.6 is 23.2 Å². The molecule has 2 bridgehead atoms. The predicted molar refractivity (Wildman–Crippen MR) is 53.8 cm³/mol. The molecule has 0 nitrogen and oxygen atoms in total. The van der Waals surface area contributed by atoms with Crippen molar-refractivity contribution in [2.75, 3.05) is 0 Å². The lowest BCUT2D eigenvalue weighted by molar-refractivity contribution is 0.310. The molecular formula is C11H12Cl2. The van der Waals surface area contributed by atoms with Gasteiger partial charge in [-0.2, -0.15) is 0 Å². The van der Waals surface area contributed by atoms with Crippen LogP contribution in [0.4, 0.5) is 0 Å². The smallest absolute Gasteiger partial charge is 0.101 e. The summed E-state index contributed by atoms with van der Waals surface area (Å²) in [5.41, 5.74) is 0. The van der Waals surface area contributed by atoms with Crippen molar-refractivity contribution >= 4 is 23.2 Å². The van der Waals surface area contributed by atoms with E-state index in [0.717, 1.165) is 23.7 Å². The van der Waals surface area contributed by atoms with Crippen LogP contribution < -0.4 is 0 Å².